The van der Waals surface area contributed by atoms with E-state index in [0.717, 1.165) is 11.3 Å². The second-order valence-corrected chi connectivity index (χ2v) is 5.89. The van der Waals surface area contributed by atoms with E-state index in [0.29, 0.717) is 17.2 Å². The zero-order chi connectivity index (χ0) is 16.7. The SMILES string of the molecule is CC1=C(C(=O)OC(C)C)[C@H](c2cn(C)nc2C)n2ncnc2N1. The Balaban J connectivity index is 2.15. The van der Waals surface area contributed by atoms with Crippen molar-refractivity contribution in [2.24, 2.45) is 7.05 Å². The first-order valence-electron chi connectivity index (χ1n) is 7.47. The van der Waals surface area contributed by atoms with Gasteiger partial charge >= 0.3 is 5.97 Å². The second-order valence-electron chi connectivity index (χ2n) is 5.89. The molecule has 0 saturated heterocycles. The minimum Gasteiger partial charge on any atom is -0.459 e. The number of nitrogens with one attached hydrogen (secondary N) is 1. The van der Waals surface area contributed by atoms with Crippen molar-refractivity contribution in [3.8, 4) is 0 Å². The van der Waals surface area contributed by atoms with Crippen LogP contribution in [0.15, 0.2) is 23.8 Å². The molecule has 0 fully saturated rings. The molecule has 3 rings (SSSR count). The van der Waals surface area contributed by atoms with E-state index in [9.17, 15) is 4.79 Å². The summed E-state index contributed by atoms with van der Waals surface area (Å²) in [5, 5.41) is 11.8. The highest BCUT2D eigenvalue weighted by atomic mass is 16.5. The van der Waals surface area contributed by atoms with Gasteiger partial charge in [0.05, 0.1) is 17.4 Å². The maximum Gasteiger partial charge on any atom is 0.338 e. The standard InChI is InChI=1S/C15H20N6O2/c1-8(2)23-14(22)12-10(4)18-15-16-7-17-21(15)13(12)11-6-20(5)19-9(11)3/h6-8,13H,1-5H3,(H,16,17,18)/t13-/m0/s1. The summed E-state index contributed by atoms with van der Waals surface area (Å²) in [6.07, 6.45) is 3.16. The lowest BCUT2D eigenvalue weighted by Crippen LogP contribution is -2.30. The summed E-state index contributed by atoms with van der Waals surface area (Å²) in [6, 6.07) is -0.409. The van der Waals surface area contributed by atoms with Gasteiger partial charge in [0.2, 0.25) is 5.95 Å². The van der Waals surface area contributed by atoms with Crippen molar-refractivity contribution in [3.05, 3.63) is 35.1 Å². The van der Waals surface area contributed by atoms with E-state index in [4.69, 9.17) is 4.74 Å². The Morgan fingerprint density at radius 1 is 1.39 bits per heavy atom. The van der Waals surface area contributed by atoms with Crippen LogP contribution in [0.2, 0.25) is 0 Å². The molecule has 1 N–H and O–H groups in total. The highest BCUT2D eigenvalue weighted by Crippen LogP contribution is 2.36. The number of anilines is 1. The number of hydrogen-bond donors (Lipinski definition) is 1. The highest BCUT2D eigenvalue weighted by molar-refractivity contribution is 5.92. The van der Waals surface area contributed by atoms with Gasteiger partial charge in [0.25, 0.3) is 0 Å². The maximum absolute atomic E-state index is 12.6. The summed E-state index contributed by atoms with van der Waals surface area (Å²) in [5.41, 5.74) is 2.97. The number of carbonyl (C=O) groups excluding carboxylic acids is 1. The zero-order valence-corrected chi connectivity index (χ0v) is 13.9. The van der Waals surface area contributed by atoms with Crippen molar-refractivity contribution in [1.29, 1.82) is 0 Å². The van der Waals surface area contributed by atoms with E-state index in [1.165, 1.54) is 6.33 Å². The third kappa shape index (κ3) is 2.60. The molecule has 0 aromatic carbocycles. The summed E-state index contributed by atoms with van der Waals surface area (Å²) >= 11 is 0. The maximum atomic E-state index is 12.6. The van der Waals surface area contributed by atoms with Crippen molar-refractivity contribution in [3.63, 3.8) is 0 Å². The summed E-state index contributed by atoms with van der Waals surface area (Å²) in [6.45, 7) is 7.41. The number of allylic oxidation sites excluding steroid dienone is 1. The van der Waals surface area contributed by atoms with Gasteiger partial charge < -0.3 is 10.1 Å². The van der Waals surface area contributed by atoms with Crippen LogP contribution in [0.4, 0.5) is 5.95 Å². The van der Waals surface area contributed by atoms with Gasteiger partial charge in [-0.3, -0.25) is 4.68 Å². The molecule has 0 radical (unpaired) electrons. The fourth-order valence-corrected chi connectivity index (χ4v) is 2.81. The van der Waals surface area contributed by atoms with Crippen LogP contribution in [-0.4, -0.2) is 36.6 Å². The second kappa shape index (κ2) is 5.53. The van der Waals surface area contributed by atoms with E-state index in [2.05, 4.69) is 20.5 Å². The number of rotatable bonds is 3. The Morgan fingerprint density at radius 3 is 2.74 bits per heavy atom. The summed E-state index contributed by atoms with van der Waals surface area (Å²) in [7, 11) is 1.85. The molecule has 0 spiro atoms. The molecule has 8 heteroatoms. The molecule has 0 saturated carbocycles. The van der Waals surface area contributed by atoms with E-state index in [1.54, 1.807) is 9.36 Å². The molecular formula is C15H20N6O2. The van der Waals surface area contributed by atoms with E-state index in [1.807, 2.05) is 40.9 Å². The van der Waals surface area contributed by atoms with Crippen LogP contribution in [0.1, 0.15) is 38.1 Å². The smallest absolute Gasteiger partial charge is 0.338 e. The zero-order valence-electron chi connectivity index (χ0n) is 13.9. The largest absolute Gasteiger partial charge is 0.459 e. The molecule has 2 aromatic heterocycles. The van der Waals surface area contributed by atoms with Crippen LogP contribution in [0.25, 0.3) is 0 Å². The molecule has 2 aromatic rings. The lowest BCUT2D eigenvalue weighted by molar-refractivity contribution is -0.143. The number of nitrogens with zero attached hydrogens (tertiary/aromatic N) is 5. The molecule has 0 unspecified atom stereocenters. The van der Waals surface area contributed by atoms with Crippen LogP contribution >= 0.6 is 0 Å². The molecule has 0 aliphatic carbocycles. The Morgan fingerprint density at radius 2 is 2.13 bits per heavy atom. The van der Waals surface area contributed by atoms with E-state index >= 15 is 0 Å². The molecule has 1 aliphatic heterocycles. The first kappa shape index (κ1) is 15.3. The number of esters is 1. The van der Waals surface area contributed by atoms with Crippen LogP contribution in [0.3, 0.4) is 0 Å². The van der Waals surface area contributed by atoms with Gasteiger partial charge in [-0.1, -0.05) is 0 Å². The molecule has 3 heterocycles. The monoisotopic (exact) mass is 316 g/mol. The number of aromatic nitrogens is 5. The number of ether oxygens (including phenoxy) is 1. The average Bonchev–Trinajstić information content (AvgIpc) is 3.02. The first-order valence-corrected chi connectivity index (χ1v) is 7.47. The van der Waals surface area contributed by atoms with Crippen LogP contribution < -0.4 is 5.32 Å². The molecule has 8 nitrogen and oxygen atoms in total. The molecule has 0 bridgehead atoms. The topological polar surface area (TPSA) is 86.9 Å². The fraction of sp³-hybridized carbons (Fsp3) is 0.467. The van der Waals surface area contributed by atoms with Crippen molar-refractivity contribution < 1.29 is 9.53 Å². The Labute approximate surface area is 134 Å². The lowest BCUT2D eigenvalue weighted by atomic mass is 9.96. The molecule has 1 atom stereocenters. The van der Waals surface area contributed by atoms with Crippen LogP contribution in [0, 0.1) is 6.92 Å². The number of aryl methyl sites for hydroxylation is 2. The molecule has 122 valence electrons. The minimum atomic E-state index is -0.409. The highest BCUT2D eigenvalue weighted by Gasteiger charge is 2.36. The van der Waals surface area contributed by atoms with Crippen molar-refractivity contribution in [1.82, 2.24) is 24.5 Å². The van der Waals surface area contributed by atoms with Gasteiger partial charge in [-0.2, -0.15) is 15.2 Å². The molecule has 1 aliphatic rings. The number of hydrogen-bond acceptors (Lipinski definition) is 6. The molecule has 0 amide bonds. The van der Waals surface area contributed by atoms with Crippen molar-refractivity contribution in [2.45, 2.75) is 39.8 Å². The molecule has 23 heavy (non-hydrogen) atoms. The van der Waals surface area contributed by atoms with Gasteiger partial charge in [-0.15, -0.1) is 0 Å². The Bertz CT molecular complexity index is 786. The predicted molar refractivity (Wildman–Crippen MR) is 83.7 cm³/mol. The first-order chi connectivity index (χ1) is 10.9. The Kier molecular flexibility index (Phi) is 3.67. The summed E-state index contributed by atoms with van der Waals surface area (Å²) < 4.78 is 8.84. The van der Waals surface area contributed by atoms with Crippen LogP contribution in [0.5, 0.6) is 0 Å². The Hall–Kier alpha value is -2.64. The summed E-state index contributed by atoms with van der Waals surface area (Å²) in [5.74, 6) is 0.233. The van der Waals surface area contributed by atoms with Crippen molar-refractivity contribution >= 4 is 11.9 Å². The lowest BCUT2D eigenvalue weighted by Gasteiger charge is -2.28. The predicted octanol–water partition coefficient (Wildman–Crippen LogP) is 1.56. The minimum absolute atomic E-state index is 0.199. The van der Waals surface area contributed by atoms with Crippen molar-refractivity contribution in [2.75, 3.05) is 5.32 Å². The number of carbonyl (C=O) groups is 1. The van der Waals surface area contributed by atoms with Gasteiger partial charge in [0, 0.05) is 24.5 Å². The van der Waals surface area contributed by atoms with Gasteiger partial charge in [-0.25, -0.2) is 9.48 Å². The molecular weight excluding hydrogens is 296 g/mol. The average molecular weight is 316 g/mol. The van der Waals surface area contributed by atoms with Gasteiger partial charge in [-0.05, 0) is 27.7 Å². The van der Waals surface area contributed by atoms with E-state index < -0.39 is 6.04 Å². The van der Waals surface area contributed by atoms with Gasteiger partial charge in [0.1, 0.15) is 12.4 Å². The summed E-state index contributed by atoms with van der Waals surface area (Å²) in [4.78, 5) is 16.8. The van der Waals surface area contributed by atoms with Gasteiger partial charge in [0.15, 0.2) is 0 Å². The van der Waals surface area contributed by atoms with E-state index in [-0.39, 0.29) is 12.1 Å². The number of fused-ring (bicyclic) bond motifs is 1. The third-order valence-electron chi connectivity index (χ3n) is 3.70. The third-order valence-corrected chi connectivity index (χ3v) is 3.70. The normalized spacial score (nSPS) is 17.2. The quantitative estimate of drug-likeness (QED) is 0.865. The fourth-order valence-electron chi connectivity index (χ4n) is 2.81. The van der Waals surface area contributed by atoms with Crippen LogP contribution in [-0.2, 0) is 16.6 Å².